The number of likely N-dealkylation sites (tertiary alicyclic amines) is 1. The standard InChI is InChI=1S/C15H29N3O3/c1-16(2)8-9-18-10-11-21-13-15(18)4-6-17(7-5-15)14(19)12-20-3/h4-13H2,1-3H3. The zero-order chi connectivity index (χ0) is 15.3. The molecule has 1 spiro atoms. The quantitative estimate of drug-likeness (QED) is 0.709. The minimum absolute atomic E-state index is 0.101. The van der Waals surface area contributed by atoms with E-state index in [0.717, 1.165) is 58.8 Å². The third-order valence-electron chi connectivity index (χ3n) is 4.68. The number of methoxy groups -OCH3 is 1. The molecule has 0 N–H and O–H groups in total. The summed E-state index contributed by atoms with van der Waals surface area (Å²) in [5.74, 6) is 0.101. The summed E-state index contributed by atoms with van der Waals surface area (Å²) in [6.07, 6.45) is 1.99. The monoisotopic (exact) mass is 299 g/mol. The first-order valence-electron chi connectivity index (χ1n) is 7.82. The van der Waals surface area contributed by atoms with Gasteiger partial charge >= 0.3 is 0 Å². The van der Waals surface area contributed by atoms with Gasteiger partial charge in [-0.1, -0.05) is 0 Å². The van der Waals surface area contributed by atoms with E-state index in [2.05, 4.69) is 23.9 Å². The van der Waals surface area contributed by atoms with Gasteiger partial charge in [-0.05, 0) is 26.9 Å². The van der Waals surface area contributed by atoms with Crippen LogP contribution in [0.15, 0.2) is 0 Å². The molecule has 1 amide bonds. The maximum absolute atomic E-state index is 11.9. The van der Waals surface area contributed by atoms with Crippen molar-refractivity contribution in [2.75, 3.05) is 73.7 Å². The number of likely N-dealkylation sites (N-methyl/N-ethyl adjacent to an activating group) is 1. The second-order valence-corrected chi connectivity index (χ2v) is 6.38. The molecule has 6 heteroatoms. The van der Waals surface area contributed by atoms with Crippen molar-refractivity contribution in [3.63, 3.8) is 0 Å². The zero-order valence-electron chi connectivity index (χ0n) is 13.6. The van der Waals surface area contributed by atoms with Gasteiger partial charge in [0.15, 0.2) is 0 Å². The summed E-state index contributed by atoms with van der Waals surface area (Å²) in [7, 11) is 5.79. The van der Waals surface area contributed by atoms with Crippen LogP contribution in [0, 0.1) is 0 Å². The van der Waals surface area contributed by atoms with Crippen LogP contribution in [0.25, 0.3) is 0 Å². The van der Waals surface area contributed by atoms with E-state index in [9.17, 15) is 4.79 Å². The number of morpholine rings is 1. The fourth-order valence-electron chi connectivity index (χ4n) is 3.28. The molecule has 0 atom stereocenters. The Morgan fingerprint density at radius 1 is 1.29 bits per heavy atom. The normalized spacial score (nSPS) is 23.0. The van der Waals surface area contributed by atoms with Gasteiger partial charge in [-0.3, -0.25) is 9.69 Å². The van der Waals surface area contributed by atoms with Crippen LogP contribution in [0.2, 0.25) is 0 Å². The van der Waals surface area contributed by atoms with E-state index in [-0.39, 0.29) is 18.1 Å². The SMILES string of the molecule is COCC(=O)N1CCC2(CC1)COCCN2CCN(C)C. The summed E-state index contributed by atoms with van der Waals surface area (Å²) in [5, 5.41) is 0. The third kappa shape index (κ3) is 4.16. The second-order valence-electron chi connectivity index (χ2n) is 6.38. The Morgan fingerprint density at radius 2 is 2.00 bits per heavy atom. The lowest BCUT2D eigenvalue weighted by Crippen LogP contribution is -2.63. The fourth-order valence-corrected chi connectivity index (χ4v) is 3.28. The molecule has 0 saturated carbocycles. The second kappa shape index (κ2) is 7.54. The summed E-state index contributed by atoms with van der Waals surface area (Å²) in [6, 6.07) is 0. The number of piperidine rings is 1. The number of amides is 1. The first kappa shape index (κ1) is 16.7. The zero-order valence-corrected chi connectivity index (χ0v) is 13.6. The van der Waals surface area contributed by atoms with Gasteiger partial charge in [0.1, 0.15) is 6.61 Å². The van der Waals surface area contributed by atoms with Crippen molar-refractivity contribution in [2.24, 2.45) is 0 Å². The van der Waals surface area contributed by atoms with Crippen LogP contribution in [0.5, 0.6) is 0 Å². The lowest BCUT2D eigenvalue weighted by atomic mass is 9.85. The number of ether oxygens (including phenoxy) is 2. The van der Waals surface area contributed by atoms with Gasteiger partial charge in [-0.25, -0.2) is 0 Å². The summed E-state index contributed by atoms with van der Waals surface area (Å²) >= 11 is 0. The van der Waals surface area contributed by atoms with E-state index in [1.165, 1.54) is 0 Å². The van der Waals surface area contributed by atoms with E-state index < -0.39 is 0 Å². The number of nitrogens with zero attached hydrogens (tertiary/aromatic N) is 3. The summed E-state index contributed by atoms with van der Waals surface area (Å²) in [6.45, 7) is 6.56. The summed E-state index contributed by atoms with van der Waals surface area (Å²) in [5.41, 5.74) is 0.123. The molecular formula is C15H29N3O3. The number of hydrogen-bond acceptors (Lipinski definition) is 5. The minimum Gasteiger partial charge on any atom is -0.378 e. The van der Waals surface area contributed by atoms with Gasteiger partial charge in [-0.2, -0.15) is 0 Å². The van der Waals surface area contributed by atoms with Crippen molar-refractivity contribution in [3.8, 4) is 0 Å². The molecule has 6 nitrogen and oxygen atoms in total. The Balaban J connectivity index is 1.92. The van der Waals surface area contributed by atoms with Crippen LogP contribution in [0.1, 0.15) is 12.8 Å². The first-order chi connectivity index (χ1) is 10.1. The number of hydrogen-bond donors (Lipinski definition) is 0. The predicted molar refractivity (Wildman–Crippen MR) is 81.4 cm³/mol. The Labute approximate surface area is 128 Å². The van der Waals surface area contributed by atoms with Crippen LogP contribution in [0.4, 0.5) is 0 Å². The number of carbonyl (C=O) groups excluding carboxylic acids is 1. The molecule has 21 heavy (non-hydrogen) atoms. The minimum atomic E-state index is 0.101. The van der Waals surface area contributed by atoms with Crippen LogP contribution < -0.4 is 0 Å². The molecule has 2 saturated heterocycles. The van der Waals surface area contributed by atoms with E-state index in [1.54, 1.807) is 7.11 Å². The number of carbonyl (C=O) groups is 1. The van der Waals surface area contributed by atoms with Crippen LogP contribution in [-0.4, -0.2) is 99.9 Å². The molecule has 0 aromatic rings. The molecule has 2 rings (SSSR count). The van der Waals surface area contributed by atoms with E-state index in [1.807, 2.05) is 4.90 Å². The Kier molecular flexibility index (Phi) is 5.98. The van der Waals surface area contributed by atoms with Gasteiger partial charge in [0.2, 0.25) is 5.91 Å². The topological polar surface area (TPSA) is 45.2 Å². The predicted octanol–water partition coefficient (Wildman–Crippen LogP) is -0.112. The van der Waals surface area contributed by atoms with E-state index in [4.69, 9.17) is 9.47 Å². The molecule has 2 heterocycles. The Morgan fingerprint density at radius 3 is 2.62 bits per heavy atom. The maximum atomic E-state index is 11.9. The third-order valence-corrected chi connectivity index (χ3v) is 4.68. The highest BCUT2D eigenvalue weighted by Crippen LogP contribution is 2.31. The molecule has 2 aliphatic heterocycles. The average Bonchev–Trinajstić information content (AvgIpc) is 2.47. The molecule has 0 aliphatic carbocycles. The Hall–Kier alpha value is -0.690. The largest absolute Gasteiger partial charge is 0.378 e. The highest BCUT2D eigenvalue weighted by molar-refractivity contribution is 5.77. The van der Waals surface area contributed by atoms with Crippen LogP contribution in [-0.2, 0) is 14.3 Å². The van der Waals surface area contributed by atoms with Crippen molar-refractivity contribution in [3.05, 3.63) is 0 Å². The molecule has 2 aliphatic rings. The lowest BCUT2D eigenvalue weighted by Gasteiger charge is -2.51. The highest BCUT2D eigenvalue weighted by atomic mass is 16.5. The van der Waals surface area contributed by atoms with Crippen molar-refractivity contribution in [1.29, 1.82) is 0 Å². The molecule has 0 aromatic carbocycles. The van der Waals surface area contributed by atoms with E-state index >= 15 is 0 Å². The van der Waals surface area contributed by atoms with Gasteiger partial charge < -0.3 is 19.3 Å². The number of rotatable bonds is 5. The molecule has 0 unspecified atom stereocenters. The van der Waals surface area contributed by atoms with Crippen molar-refractivity contribution in [2.45, 2.75) is 18.4 Å². The highest BCUT2D eigenvalue weighted by Gasteiger charge is 2.42. The summed E-state index contributed by atoms with van der Waals surface area (Å²) < 4.78 is 10.7. The van der Waals surface area contributed by atoms with Gasteiger partial charge in [-0.15, -0.1) is 0 Å². The molecule has 0 bridgehead atoms. The van der Waals surface area contributed by atoms with Crippen molar-refractivity contribution in [1.82, 2.24) is 14.7 Å². The van der Waals surface area contributed by atoms with Crippen LogP contribution >= 0.6 is 0 Å². The molecular weight excluding hydrogens is 270 g/mol. The van der Waals surface area contributed by atoms with Gasteiger partial charge in [0.05, 0.1) is 13.2 Å². The Bertz CT molecular complexity index is 341. The van der Waals surface area contributed by atoms with Crippen LogP contribution in [0.3, 0.4) is 0 Å². The maximum Gasteiger partial charge on any atom is 0.248 e. The smallest absolute Gasteiger partial charge is 0.248 e. The molecule has 0 radical (unpaired) electrons. The molecule has 2 fully saturated rings. The molecule has 122 valence electrons. The van der Waals surface area contributed by atoms with Crippen molar-refractivity contribution < 1.29 is 14.3 Å². The molecule has 0 aromatic heterocycles. The van der Waals surface area contributed by atoms with Crippen molar-refractivity contribution >= 4 is 5.91 Å². The van der Waals surface area contributed by atoms with Gasteiger partial charge in [0.25, 0.3) is 0 Å². The average molecular weight is 299 g/mol. The lowest BCUT2D eigenvalue weighted by molar-refractivity contribution is -0.142. The first-order valence-corrected chi connectivity index (χ1v) is 7.82. The van der Waals surface area contributed by atoms with E-state index in [0.29, 0.717) is 0 Å². The fraction of sp³-hybridized carbons (Fsp3) is 0.933. The summed E-state index contributed by atoms with van der Waals surface area (Å²) in [4.78, 5) is 18.6. The van der Waals surface area contributed by atoms with Gasteiger partial charge in [0, 0.05) is 45.4 Å².